The van der Waals surface area contributed by atoms with Crippen LogP contribution in [-0.2, 0) is 20.1 Å². The standard InChI is InChI=1S/C16H25N7/c1-11-17-12(2)23(20-11)9-14-5-4-8-22(14)10-15-18-19-16(21(15)3)13-6-7-13/h13-14H,4-10H2,1-3H3/t14-/m1/s1. The van der Waals surface area contributed by atoms with Gasteiger partial charge >= 0.3 is 0 Å². The third kappa shape index (κ3) is 2.89. The Balaban J connectivity index is 1.46. The highest BCUT2D eigenvalue weighted by atomic mass is 15.4. The van der Waals surface area contributed by atoms with Gasteiger partial charge in [0.05, 0.1) is 13.1 Å². The number of nitrogens with zero attached hydrogens (tertiary/aromatic N) is 7. The Hall–Kier alpha value is -1.76. The van der Waals surface area contributed by atoms with Crippen LogP contribution < -0.4 is 0 Å². The highest BCUT2D eigenvalue weighted by Crippen LogP contribution is 2.38. The van der Waals surface area contributed by atoms with Crippen molar-refractivity contribution in [2.75, 3.05) is 6.54 Å². The Labute approximate surface area is 136 Å². The lowest BCUT2D eigenvalue weighted by Gasteiger charge is -2.24. The van der Waals surface area contributed by atoms with Crippen molar-refractivity contribution in [1.82, 2.24) is 34.4 Å². The largest absolute Gasteiger partial charge is 0.317 e. The highest BCUT2D eigenvalue weighted by Gasteiger charge is 2.31. The molecule has 2 fully saturated rings. The minimum absolute atomic E-state index is 0.510. The number of likely N-dealkylation sites (tertiary alicyclic amines) is 1. The molecule has 23 heavy (non-hydrogen) atoms. The third-order valence-electron chi connectivity index (χ3n) is 5.13. The first-order valence-electron chi connectivity index (χ1n) is 8.62. The summed E-state index contributed by atoms with van der Waals surface area (Å²) in [6.45, 7) is 6.91. The Morgan fingerprint density at radius 1 is 1.13 bits per heavy atom. The maximum Gasteiger partial charge on any atom is 0.147 e. The lowest BCUT2D eigenvalue weighted by Crippen LogP contribution is -2.34. The molecule has 0 N–H and O–H groups in total. The molecular formula is C16H25N7. The van der Waals surface area contributed by atoms with Crippen LogP contribution in [-0.4, -0.2) is 47.0 Å². The number of aromatic nitrogens is 6. The molecule has 0 bridgehead atoms. The second-order valence-corrected chi connectivity index (χ2v) is 6.96. The molecule has 3 heterocycles. The molecule has 1 atom stereocenters. The first-order chi connectivity index (χ1) is 11.1. The van der Waals surface area contributed by atoms with Crippen molar-refractivity contribution in [2.45, 2.75) is 64.6 Å². The Kier molecular flexibility index (Phi) is 3.67. The van der Waals surface area contributed by atoms with Crippen LogP contribution in [0.25, 0.3) is 0 Å². The van der Waals surface area contributed by atoms with E-state index in [1.165, 1.54) is 31.5 Å². The summed E-state index contributed by atoms with van der Waals surface area (Å²) in [6.07, 6.45) is 4.99. The lowest BCUT2D eigenvalue weighted by atomic mass is 10.2. The van der Waals surface area contributed by atoms with Gasteiger partial charge in [-0.3, -0.25) is 4.90 Å². The van der Waals surface area contributed by atoms with Gasteiger partial charge < -0.3 is 4.57 Å². The molecule has 0 spiro atoms. The molecule has 7 nitrogen and oxygen atoms in total. The van der Waals surface area contributed by atoms with Crippen LogP contribution in [0.1, 0.15) is 54.9 Å². The summed E-state index contributed by atoms with van der Waals surface area (Å²) in [7, 11) is 2.11. The number of hydrogen-bond acceptors (Lipinski definition) is 5. The van der Waals surface area contributed by atoms with E-state index in [-0.39, 0.29) is 0 Å². The zero-order valence-electron chi connectivity index (χ0n) is 14.2. The van der Waals surface area contributed by atoms with E-state index in [9.17, 15) is 0 Å². The van der Waals surface area contributed by atoms with Crippen LogP contribution in [0, 0.1) is 13.8 Å². The Bertz CT molecular complexity index is 697. The van der Waals surface area contributed by atoms with Crippen molar-refractivity contribution in [3.8, 4) is 0 Å². The van der Waals surface area contributed by atoms with Gasteiger partial charge in [-0.05, 0) is 46.1 Å². The summed E-state index contributed by atoms with van der Waals surface area (Å²) >= 11 is 0. The van der Waals surface area contributed by atoms with Crippen molar-refractivity contribution in [2.24, 2.45) is 7.05 Å². The Morgan fingerprint density at radius 3 is 2.65 bits per heavy atom. The smallest absolute Gasteiger partial charge is 0.147 e. The minimum atomic E-state index is 0.510. The van der Waals surface area contributed by atoms with E-state index in [4.69, 9.17) is 0 Å². The van der Waals surface area contributed by atoms with E-state index >= 15 is 0 Å². The van der Waals surface area contributed by atoms with Crippen molar-refractivity contribution in [3.05, 3.63) is 23.3 Å². The molecule has 1 aliphatic carbocycles. The van der Waals surface area contributed by atoms with Crippen LogP contribution in [0.15, 0.2) is 0 Å². The molecule has 0 radical (unpaired) electrons. The average Bonchev–Trinajstić information content (AvgIpc) is 3.04. The van der Waals surface area contributed by atoms with Gasteiger partial charge in [0.2, 0.25) is 0 Å². The maximum atomic E-state index is 4.51. The first-order valence-corrected chi connectivity index (χ1v) is 8.62. The van der Waals surface area contributed by atoms with Crippen LogP contribution in [0.3, 0.4) is 0 Å². The van der Waals surface area contributed by atoms with E-state index in [0.717, 1.165) is 37.1 Å². The molecular weight excluding hydrogens is 290 g/mol. The molecule has 7 heteroatoms. The van der Waals surface area contributed by atoms with Crippen LogP contribution in [0.5, 0.6) is 0 Å². The lowest BCUT2D eigenvalue weighted by molar-refractivity contribution is 0.211. The predicted octanol–water partition coefficient (Wildman–Crippen LogP) is 1.57. The van der Waals surface area contributed by atoms with E-state index in [2.05, 4.69) is 36.8 Å². The van der Waals surface area contributed by atoms with Gasteiger partial charge in [-0.25, -0.2) is 9.67 Å². The van der Waals surface area contributed by atoms with Crippen LogP contribution in [0.2, 0.25) is 0 Å². The minimum Gasteiger partial charge on any atom is -0.317 e. The fourth-order valence-corrected chi connectivity index (χ4v) is 3.64. The summed E-state index contributed by atoms with van der Waals surface area (Å²) in [5, 5.41) is 13.4. The van der Waals surface area contributed by atoms with Crippen molar-refractivity contribution in [1.29, 1.82) is 0 Å². The topological polar surface area (TPSA) is 64.7 Å². The summed E-state index contributed by atoms with van der Waals surface area (Å²) in [5.74, 6) is 4.76. The zero-order valence-corrected chi connectivity index (χ0v) is 14.2. The van der Waals surface area contributed by atoms with Gasteiger partial charge in [0.1, 0.15) is 23.3 Å². The van der Waals surface area contributed by atoms with Gasteiger partial charge in [-0.15, -0.1) is 10.2 Å². The third-order valence-corrected chi connectivity index (χ3v) is 5.13. The molecule has 0 amide bonds. The number of rotatable bonds is 5. The SMILES string of the molecule is Cc1nc(C)n(C[C@H]2CCCN2Cc2nnc(C3CC3)n2C)n1. The van der Waals surface area contributed by atoms with Crippen molar-refractivity contribution < 1.29 is 0 Å². The monoisotopic (exact) mass is 315 g/mol. The maximum absolute atomic E-state index is 4.51. The van der Waals surface area contributed by atoms with Gasteiger partial charge in [0.15, 0.2) is 0 Å². The summed E-state index contributed by atoms with van der Waals surface area (Å²) < 4.78 is 4.25. The molecule has 0 unspecified atom stereocenters. The van der Waals surface area contributed by atoms with Gasteiger partial charge in [-0.1, -0.05) is 0 Å². The molecule has 2 aromatic heterocycles. The van der Waals surface area contributed by atoms with Gasteiger partial charge in [0.25, 0.3) is 0 Å². The first kappa shape index (κ1) is 14.8. The van der Waals surface area contributed by atoms with E-state index < -0.39 is 0 Å². The number of hydrogen-bond donors (Lipinski definition) is 0. The Morgan fingerprint density at radius 2 is 1.96 bits per heavy atom. The van der Waals surface area contributed by atoms with Crippen molar-refractivity contribution >= 4 is 0 Å². The van der Waals surface area contributed by atoms with Crippen LogP contribution in [0.4, 0.5) is 0 Å². The number of aryl methyl sites for hydroxylation is 2. The molecule has 1 saturated carbocycles. The molecule has 1 saturated heterocycles. The molecule has 2 aliphatic rings. The van der Waals surface area contributed by atoms with E-state index in [1.807, 2.05) is 18.5 Å². The van der Waals surface area contributed by atoms with Gasteiger partial charge in [0, 0.05) is 19.0 Å². The highest BCUT2D eigenvalue weighted by molar-refractivity contribution is 5.08. The zero-order chi connectivity index (χ0) is 16.0. The van der Waals surface area contributed by atoms with E-state index in [0.29, 0.717) is 12.0 Å². The molecule has 4 rings (SSSR count). The van der Waals surface area contributed by atoms with Crippen LogP contribution >= 0.6 is 0 Å². The van der Waals surface area contributed by atoms with Crippen molar-refractivity contribution in [3.63, 3.8) is 0 Å². The fourth-order valence-electron chi connectivity index (χ4n) is 3.64. The second-order valence-electron chi connectivity index (χ2n) is 6.96. The molecule has 124 valence electrons. The fraction of sp³-hybridized carbons (Fsp3) is 0.750. The molecule has 2 aromatic rings. The quantitative estimate of drug-likeness (QED) is 0.838. The second kappa shape index (κ2) is 5.70. The van der Waals surface area contributed by atoms with E-state index in [1.54, 1.807) is 0 Å². The molecule has 1 aliphatic heterocycles. The average molecular weight is 315 g/mol. The molecule has 0 aromatic carbocycles. The summed E-state index contributed by atoms with van der Waals surface area (Å²) in [5.41, 5.74) is 0. The predicted molar refractivity (Wildman–Crippen MR) is 85.9 cm³/mol. The van der Waals surface area contributed by atoms with Gasteiger partial charge in [-0.2, -0.15) is 5.10 Å². The normalized spacial score (nSPS) is 22.1. The summed E-state index contributed by atoms with van der Waals surface area (Å²) in [4.78, 5) is 6.94. The summed E-state index contributed by atoms with van der Waals surface area (Å²) in [6, 6.07) is 0.510.